The Balaban J connectivity index is 3.98. The molecule has 1 amide bonds. The molecule has 3 N–H and O–H groups in total. The van der Waals surface area contributed by atoms with E-state index in [1.165, 1.54) is 0 Å². The van der Waals surface area contributed by atoms with E-state index in [1.54, 1.807) is 20.8 Å². The lowest BCUT2D eigenvalue weighted by Crippen LogP contribution is -2.34. The van der Waals surface area contributed by atoms with Crippen LogP contribution in [0.5, 0.6) is 0 Å². The van der Waals surface area contributed by atoms with Gasteiger partial charge in [0.1, 0.15) is 0 Å². The minimum atomic E-state index is -0.914. The lowest BCUT2D eigenvalue weighted by Gasteiger charge is -2.21. The van der Waals surface area contributed by atoms with Gasteiger partial charge in [-0.05, 0) is 12.3 Å². The summed E-state index contributed by atoms with van der Waals surface area (Å²) < 4.78 is 0. The molecule has 5 heteroatoms. The number of hydrogen-bond donors (Lipinski definition) is 3. The molecule has 0 saturated heterocycles. The standard InChI is InChI=1S/C10H19NO4/c1-7(12)6-11-8(13)4-10(2,3)5-9(14)15/h7,12H,4-6H2,1-3H3,(H,11,13)(H,14,15). The highest BCUT2D eigenvalue weighted by molar-refractivity contribution is 5.77. The third-order valence-electron chi connectivity index (χ3n) is 1.86. The van der Waals surface area contributed by atoms with Gasteiger partial charge in [0.15, 0.2) is 0 Å². The van der Waals surface area contributed by atoms with Crippen LogP contribution in [0.2, 0.25) is 0 Å². The monoisotopic (exact) mass is 217 g/mol. The summed E-state index contributed by atoms with van der Waals surface area (Å²) in [6.45, 7) is 5.22. The van der Waals surface area contributed by atoms with Gasteiger partial charge >= 0.3 is 5.97 Å². The Kier molecular flexibility index (Phi) is 5.28. The molecular formula is C10H19NO4. The maximum Gasteiger partial charge on any atom is 0.303 e. The number of carboxylic acid groups (broad SMARTS) is 1. The second-order valence-corrected chi connectivity index (χ2v) is 4.56. The maximum atomic E-state index is 11.3. The first kappa shape index (κ1) is 13.9. The number of hydrogen-bond acceptors (Lipinski definition) is 3. The van der Waals surface area contributed by atoms with Crippen LogP contribution in [0.1, 0.15) is 33.6 Å². The van der Waals surface area contributed by atoms with Crippen molar-refractivity contribution in [2.24, 2.45) is 5.41 Å². The number of nitrogens with one attached hydrogen (secondary N) is 1. The van der Waals surface area contributed by atoms with Crippen molar-refractivity contribution >= 4 is 11.9 Å². The minimum absolute atomic E-state index is 0.0465. The zero-order chi connectivity index (χ0) is 12.1. The Labute approximate surface area is 89.5 Å². The number of carboxylic acids is 1. The van der Waals surface area contributed by atoms with Gasteiger partial charge in [-0.2, -0.15) is 0 Å². The summed E-state index contributed by atoms with van der Waals surface area (Å²) in [6.07, 6.45) is -0.488. The van der Waals surface area contributed by atoms with Crippen molar-refractivity contribution in [3.63, 3.8) is 0 Å². The first-order valence-corrected chi connectivity index (χ1v) is 4.89. The van der Waals surface area contributed by atoms with Gasteiger partial charge in [0.25, 0.3) is 0 Å². The largest absolute Gasteiger partial charge is 0.481 e. The van der Waals surface area contributed by atoms with E-state index in [9.17, 15) is 9.59 Å². The number of aliphatic hydroxyl groups is 1. The topological polar surface area (TPSA) is 86.6 Å². The fourth-order valence-corrected chi connectivity index (χ4v) is 1.23. The van der Waals surface area contributed by atoms with Crippen molar-refractivity contribution in [3.8, 4) is 0 Å². The second-order valence-electron chi connectivity index (χ2n) is 4.56. The molecule has 15 heavy (non-hydrogen) atoms. The summed E-state index contributed by atoms with van der Waals surface area (Å²) in [5, 5.41) is 20.1. The predicted molar refractivity (Wildman–Crippen MR) is 55.3 cm³/mol. The number of rotatable bonds is 6. The molecule has 88 valence electrons. The number of carbonyl (C=O) groups is 2. The Morgan fingerprint density at radius 2 is 1.87 bits per heavy atom. The number of carbonyl (C=O) groups excluding carboxylic acids is 1. The molecule has 0 spiro atoms. The van der Waals surface area contributed by atoms with E-state index >= 15 is 0 Å². The average Bonchev–Trinajstić information content (AvgIpc) is 1.96. The summed E-state index contributed by atoms with van der Waals surface area (Å²) in [4.78, 5) is 21.8. The average molecular weight is 217 g/mol. The molecule has 0 aliphatic carbocycles. The molecule has 1 atom stereocenters. The highest BCUT2D eigenvalue weighted by Gasteiger charge is 2.25. The lowest BCUT2D eigenvalue weighted by molar-refractivity contribution is -0.139. The molecule has 0 saturated carbocycles. The van der Waals surface area contributed by atoms with Gasteiger partial charge in [-0.25, -0.2) is 0 Å². The first-order chi connectivity index (χ1) is 6.73. The van der Waals surface area contributed by atoms with Crippen LogP contribution in [0.25, 0.3) is 0 Å². The van der Waals surface area contributed by atoms with Crippen LogP contribution in [0, 0.1) is 5.41 Å². The lowest BCUT2D eigenvalue weighted by atomic mass is 9.85. The van der Waals surface area contributed by atoms with Crippen LogP contribution < -0.4 is 5.32 Å². The zero-order valence-electron chi connectivity index (χ0n) is 9.41. The summed E-state index contributed by atoms with van der Waals surface area (Å²) in [5.41, 5.74) is -0.561. The number of aliphatic hydroxyl groups excluding tert-OH is 1. The minimum Gasteiger partial charge on any atom is -0.481 e. The van der Waals surface area contributed by atoms with Crippen LogP contribution in [-0.2, 0) is 9.59 Å². The van der Waals surface area contributed by atoms with Crippen LogP contribution in [-0.4, -0.2) is 34.7 Å². The number of aliphatic carboxylic acids is 1. The van der Waals surface area contributed by atoms with Crippen LogP contribution in [0.3, 0.4) is 0 Å². The van der Waals surface area contributed by atoms with Gasteiger partial charge in [0.05, 0.1) is 12.5 Å². The highest BCUT2D eigenvalue weighted by Crippen LogP contribution is 2.24. The molecule has 1 unspecified atom stereocenters. The highest BCUT2D eigenvalue weighted by atomic mass is 16.4. The molecule has 0 rings (SSSR count). The fraction of sp³-hybridized carbons (Fsp3) is 0.800. The second kappa shape index (κ2) is 5.70. The SMILES string of the molecule is CC(O)CNC(=O)CC(C)(C)CC(=O)O. The van der Waals surface area contributed by atoms with Crippen LogP contribution in [0.4, 0.5) is 0 Å². The Bertz CT molecular complexity index is 236. The summed E-state index contributed by atoms with van der Waals surface area (Å²) in [5.74, 6) is -1.15. The summed E-state index contributed by atoms with van der Waals surface area (Å²) >= 11 is 0. The van der Waals surface area contributed by atoms with E-state index < -0.39 is 17.5 Å². The van der Waals surface area contributed by atoms with Gasteiger partial charge in [0, 0.05) is 13.0 Å². The van der Waals surface area contributed by atoms with Gasteiger partial charge in [0.2, 0.25) is 5.91 Å². The molecule has 0 fully saturated rings. The van der Waals surface area contributed by atoms with Crippen LogP contribution in [0.15, 0.2) is 0 Å². The molecular weight excluding hydrogens is 198 g/mol. The van der Waals surface area contributed by atoms with Crippen molar-refractivity contribution in [1.82, 2.24) is 5.32 Å². The third-order valence-corrected chi connectivity index (χ3v) is 1.86. The fourth-order valence-electron chi connectivity index (χ4n) is 1.23. The first-order valence-electron chi connectivity index (χ1n) is 4.89. The Morgan fingerprint density at radius 1 is 1.33 bits per heavy atom. The number of amides is 1. The summed E-state index contributed by atoms with van der Waals surface area (Å²) in [6, 6.07) is 0. The Morgan fingerprint density at radius 3 is 2.27 bits per heavy atom. The van der Waals surface area contributed by atoms with Crippen molar-refractivity contribution in [2.45, 2.75) is 39.7 Å². The van der Waals surface area contributed by atoms with E-state index in [0.717, 1.165) is 0 Å². The van der Waals surface area contributed by atoms with Gasteiger partial charge < -0.3 is 15.5 Å². The smallest absolute Gasteiger partial charge is 0.303 e. The van der Waals surface area contributed by atoms with Crippen molar-refractivity contribution in [2.75, 3.05) is 6.54 Å². The van der Waals surface area contributed by atoms with E-state index in [-0.39, 0.29) is 25.3 Å². The molecule has 0 heterocycles. The van der Waals surface area contributed by atoms with Crippen molar-refractivity contribution in [1.29, 1.82) is 0 Å². The molecule has 0 radical (unpaired) electrons. The van der Waals surface area contributed by atoms with E-state index in [1.807, 2.05) is 0 Å². The predicted octanol–water partition coefficient (Wildman–Crippen LogP) is 0.374. The molecule has 5 nitrogen and oxygen atoms in total. The quantitative estimate of drug-likeness (QED) is 0.600. The van der Waals surface area contributed by atoms with E-state index in [4.69, 9.17) is 10.2 Å². The molecule has 0 aromatic rings. The zero-order valence-corrected chi connectivity index (χ0v) is 9.41. The molecule has 0 bridgehead atoms. The molecule has 0 aliphatic rings. The van der Waals surface area contributed by atoms with Gasteiger partial charge in [-0.3, -0.25) is 9.59 Å². The molecule has 0 aromatic carbocycles. The molecule has 0 aliphatic heterocycles. The molecule has 0 aromatic heterocycles. The van der Waals surface area contributed by atoms with E-state index in [2.05, 4.69) is 5.32 Å². The van der Waals surface area contributed by atoms with Crippen molar-refractivity contribution in [3.05, 3.63) is 0 Å². The van der Waals surface area contributed by atoms with E-state index in [0.29, 0.717) is 0 Å². The summed E-state index contributed by atoms with van der Waals surface area (Å²) in [7, 11) is 0. The normalized spacial score (nSPS) is 13.3. The van der Waals surface area contributed by atoms with Gasteiger partial charge in [-0.15, -0.1) is 0 Å². The van der Waals surface area contributed by atoms with Crippen LogP contribution >= 0.6 is 0 Å². The van der Waals surface area contributed by atoms with Gasteiger partial charge in [-0.1, -0.05) is 13.8 Å². The Hall–Kier alpha value is -1.10. The van der Waals surface area contributed by atoms with Crippen molar-refractivity contribution < 1.29 is 19.8 Å². The third kappa shape index (κ3) is 7.93. The maximum absolute atomic E-state index is 11.3.